The maximum Gasteiger partial charge on any atom is 0.341 e. The van der Waals surface area contributed by atoms with E-state index in [0.29, 0.717) is 23.4 Å². The van der Waals surface area contributed by atoms with Crippen molar-refractivity contribution in [1.82, 2.24) is 0 Å². The van der Waals surface area contributed by atoms with Crippen LogP contribution in [0.3, 0.4) is 0 Å². The van der Waals surface area contributed by atoms with Gasteiger partial charge in [-0.1, -0.05) is 41.0 Å². The minimum Gasteiger partial charge on any atom is -0.481 e. The van der Waals surface area contributed by atoms with Crippen molar-refractivity contribution >= 4 is 34.2 Å². The molecule has 2 atom stereocenters. The number of carboxylic acids is 1. The van der Waals surface area contributed by atoms with Gasteiger partial charge in [0.1, 0.15) is 10.6 Å². The molecule has 7 heteroatoms. The molecule has 1 aliphatic rings. The molecule has 1 amide bonds. The summed E-state index contributed by atoms with van der Waals surface area (Å²) in [6.07, 6.45) is 0.735. The molecular formula is C24H27NO5S. The molecule has 0 unspecified atom stereocenters. The standard InChI is InChI=1S/C24H27NO5S/c1-12-6-8-16(9-7-12)19-15(4)31-22(20(19)24(29)30-5)25-21(26)17-10-13(2)14(3)11-18(17)23(27)28/h6-9,17-18H,10-11H2,1-5H3,(H,25,26)(H,27,28)/t17-,18+/m1/s1. The fourth-order valence-electron chi connectivity index (χ4n) is 4.03. The molecule has 0 aliphatic heterocycles. The van der Waals surface area contributed by atoms with Crippen LogP contribution in [0.15, 0.2) is 35.4 Å². The van der Waals surface area contributed by atoms with Crippen LogP contribution in [0.4, 0.5) is 5.00 Å². The first-order valence-corrected chi connectivity index (χ1v) is 10.9. The number of nitrogens with one attached hydrogen (secondary N) is 1. The number of aryl methyl sites for hydroxylation is 2. The number of esters is 1. The number of amides is 1. The Balaban J connectivity index is 2.00. The summed E-state index contributed by atoms with van der Waals surface area (Å²) >= 11 is 1.29. The topological polar surface area (TPSA) is 92.7 Å². The normalized spacial score (nSPS) is 18.6. The highest BCUT2D eigenvalue weighted by Crippen LogP contribution is 2.42. The minimum atomic E-state index is -0.983. The van der Waals surface area contributed by atoms with Crippen LogP contribution in [0.1, 0.15) is 47.5 Å². The van der Waals surface area contributed by atoms with Crippen LogP contribution >= 0.6 is 11.3 Å². The Kier molecular flexibility index (Phi) is 6.65. The van der Waals surface area contributed by atoms with Crippen molar-refractivity contribution in [3.63, 3.8) is 0 Å². The highest BCUT2D eigenvalue weighted by Gasteiger charge is 2.38. The fraction of sp³-hybridized carbons (Fsp3) is 0.375. The number of benzene rings is 1. The largest absolute Gasteiger partial charge is 0.481 e. The Labute approximate surface area is 185 Å². The van der Waals surface area contributed by atoms with E-state index in [0.717, 1.165) is 32.7 Å². The lowest BCUT2D eigenvalue weighted by atomic mass is 9.76. The summed E-state index contributed by atoms with van der Waals surface area (Å²) in [5.41, 5.74) is 5.02. The number of aliphatic carboxylic acids is 1. The SMILES string of the molecule is COC(=O)c1c(NC(=O)[C@@H]2CC(C)=C(C)C[C@@H]2C(=O)O)sc(C)c1-c1ccc(C)cc1. The third kappa shape index (κ3) is 4.56. The zero-order chi connectivity index (χ0) is 22.9. The van der Waals surface area contributed by atoms with Crippen molar-refractivity contribution in [2.24, 2.45) is 11.8 Å². The predicted molar refractivity (Wildman–Crippen MR) is 121 cm³/mol. The summed E-state index contributed by atoms with van der Waals surface area (Å²) in [5, 5.41) is 12.9. The maximum absolute atomic E-state index is 13.2. The molecule has 1 aromatic carbocycles. The van der Waals surface area contributed by atoms with Crippen LogP contribution < -0.4 is 5.32 Å². The third-order valence-corrected chi connectivity index (χ3v) is 6.99. The molecule has 0 saturated carbocycles. The molecule has 1 aliphatic carbocycles. The molecule has 1 aromatic heterocycles. The first kappa shape index (κ1) is 22.7. The number of hydrogen-bond donors (Lipinski definition) is 2. The molecule has 3 rings (SSSR count). The molecule has 0 spiro atoms. The van der Waals surface area contributed by atoms with Gasteiger partial charge < -0.3 is 15.2 Å². The average molecular weight is 442 g/mol. The molecular weight excluding hydrogens is 414 g/mol. The van der Waals surface area contributed by atoms with Crippen molar-refractivity contribution in [3.8, 4) is 11.1 Å². The van der Waals surface area contributed by atoms with Gasteiger partial charge in [-0.25, -0.2) is 4.79 Å². The van der Waals surface area contributed by atoms with E-state index < -0.39 is 23.8 Å². The lowest BCUT2D eigenvalue weighted by molar-refractivity contribution is -0.146. The van der Waals surface area contributed by atoms with Gasteiger partial charge in [-0.05, 0) is 46.1 Å². The van der Waals surface area contributed by atoms with Gasteiger partial charge in [0.25, 0.3) is 0 Å². The number of anilines is 1. The molecule has 2 aromatic rings. The van der Waals surface area contributed by atoms with E-state index in [2.05, 4.69) is 5.32 Å². The molecule has 164 valence electrons. The fourth-order valence-corrected chi connectivity index (χ4v) is 5.10. The highest BCUT2D eigenvalue weighted by atomic mass is 32.1. The molecule has 1 heterocycles. The van der Waals surface area contributed by atoms with Gasteiger partial charge in [0.05, 0.1) is 18.9 Å². The van der Waals surface area contributed by atoms with E-state index in [1.54, 1.807) is 0 Å². The summed E-state index contributed by atoms with van der Waals surface area (Å²) in [5.74, 6) is -3.40. The van der Waals surface area contributed by atoms with E-state index in [1.807, 2.05) is 52.0 Å². The lowest BCUT2D eigenvalue weighted by Crippen LogP contribution is -2.36. The zero-order valence-corrected chi connectivity index (χ0v) is 19.2. The van der Waals surface area contributed by atoms with Crippen LogP contribution in [-0.4, -0.2) is 30.1 Å². The maximum atomic E-state index is 13.2. The Morgan fingerprint density at radius 2 is 1.58 bits per heavy atom. The highest BCUT2D eigenvalue weighted by molar-refractivity contribution is 7.17. The summed E-state index contributed by atoms with van der Waals surface area (Å²) in [7, 11) is 1.30. The number of methoxy groups -OCH3 is 1. The number of ether oxygens (including phenoxy) is 1. The van der Waals surface area contributed by atoms with Crippen LogP contribution in [-0.2, 0) is 14.3 Å². The quantitative estimate of drug-likeness (QED) is 0.491. The van der Waals surface area contributed by atoms with Gasteiger partial charge in [-0.15, -0.1) is 11.3 Å². The van der Waals surface area contributed by atoms with Crippen LogP contribution in [0.2, 0.25) is 0 Å². The van der Waals surface area contributed by atoms with Gasteiger partial charge in [0, 0.05) is 10.4 Å². The summed E-state index contributed by atoms with van der Waals surface area (Å²) < 4.78 is 5.01. The van der Waals surface area contributed by atoms with Crippen molar-refractivity contribution in [1.29, 1.82) is 0 Å². The lowest BCUT2D eigenvalue weighted by Gasteiger charge is -2.29. The molecule has 6 nitrogen and oxygen atoms in total. The smallest absolute Gasteiger partial charge is 0.341 e. The number of rotatable bonds is 5. The molecule has 2 N–H and O–H groups in total. The van der Waals surface area contributed by atoms with Crippen molar-refractivity contribution < 1.29 is 24.2 Å². The van der Waals surface area contributed by atoms with Gasteiger partial charge in [-0.2, -0.15) is 0 Å². The monoisotopic (exact) mass is 441 g/mol. The number of carbonyl (C=O) groups is 3. The van der Waals surface area contributed by atoms with E-state index in [4.69, 9.17) is 4.74 Å². The summed E-state index contributed by atoms with van der Waals surface area (Å²) in [6, 6.07) is 7.78. The number of allylic oxidation sites excluding steroid dienone is 2. The Bertz CT molecular complexity index is 1060. The molecule has 0 bridgehead atoms. The predicted octanol–water partition coefficient (Wildman–Crippen LogP) is 5.20. The molecule has 0 fully saturated rings. The third-order valence-electron chi connectivity index (χ3n) is 5.97. The van der Waals surface area contributed by atoms with E-state index in [1.165, 1.54) is 18.4 Å². The number of hydrogen-bond acceptors (Lipinski definition) is 5. The number of carboxylic acid groups (broad SMARTS) is 1. The number of thiophene rings is 1. The van der Waals surface area contributed by atoms with E-state index in [-0.39, 0.29) is 5.91 Å². The van der Waals surface area contributed by atoms with Gasteiger partial charge in [0.2, 0.25) is 5.91 Å². The van der Waals surface area contributed by atoms with Crippen molar-refractivity contribution in [2.45, 2.75) is 40.5 Å². The molecule has 31 heavy (non-hydrogen) atoms. The first-order valence-electron chi connectivity index (χ1n) is 10.1. The van der Waals surface area contributed by atoms with Gasteiger partial charge in [-0.3, -0.25) is 9.59 Å². The Morgan fingerprint density at radius 1 is 1.00 bits per heavy atom. The van der Waals surface area contributed by atoms with Gasteiger partial charge >= 0.3 is 11.9 Å². The minimum absolute atomic E-state index is 0.299. The van der Waals surface area contributed by atoms with Gasteiger partial charge in [0.15, 0.2) is 0 Å². The van der Waals surface area contributed by atoms with E-state index in [9.17, 15) is 19.5 Å². The van der Waals surface area contributed by atoms with Crippen LogP contribution in [0.5, 0.6) is 0 Å². The van der Waals surface area contributed by atoms with Crippen LogP contribution in [0, 0.1) is 25.7 Å². The van der Waals surface area contributed by atoms with E-state index >= 15 is 0 Å². The zero-order valence-electron chi connectivity index (χ0n) is 18.4. The first-order chi connectivity index (χ1) is 14.6. The van der Waals surface area contributed by atoms with Crippen molar-refractivity contribution in [3.05, 3.63) is 51.4 Å². The molecule has 0 saturated heterocycles. The average Bonchev–Trinajstić information content (AvgIpc) is 3.05. The summed E-state index contributed by atoms with van der Waals surface area (Å²) in [4.78, 5) is 38.5. The Morgan fingerprint density at radius 3 is 2.13 bits per heavy atom. The number of carbonyl (C=O) groups excluding carboxylic acids is 2. The second kappa shape index (κ2) is 9.06. The van der Waals surface area contributed by atoms with Crippen LogP contribution in [0.25, 0.3) is 11.1 Å². The molecule has 0 radical (unpaired) electrons. The van der Waals surface area contributed by atoms with Crippen molar-refractivity contribution in [2.75, 3.05) is 12.4 Å². The second-order valence-electron chi connectivity index (χ2n) is 8.10. The summed E-state index contributed by atoms with van der Waals surface area (Å²) in [6.45, 7) is 7.71. The second-order valence-corrected chi connectivity index (χ2v) is 9.33. The Hall–Kier alpha value is -2.93.